The summed E-state index contributed by atoms with van der Waals surface area (Å²) in [5.41, 5.74) is 0. The molecular formula is H5Al3Ca3O20Si5. The van der Waals surface area contributed by atoms with Gasteiger partial charge in [-0.3, -0.25) is 0 Å². The predicted molar refractivity (Wildman–Crippen MR) is 76.4 cm³/mol. The summed E-state index contributed by atoms with van der Waals surface area (Å²) in [6, 6.07) is 0. The summed E-state index contributed by atoms with van der Waals surface area (Å²) in [6.45, 7) is 0. The summed E-state index contributed by atoms with van der Waals surface area (Å²) in [6.07, 6.45) is 0. The van der Waals surface area contributed by atoms with E-state index in [9.17, 15) is 0 Å². The third-order valence-electron chi connectivity index (χ3n) is 0. The Labute approximate surface area is 303 Å². The smallest absolute Gasteiger partial charge is 0.870 e. The van der Waals surface area contributed by atoms with Gasteiger partial charge in [-0.1, -0.05) is 0 Å². The van der Waals surface area contributed by atoms with Crippen molar-refractivity contribution in [1.29, 1.82) is 0 Å². The van der Waals surface area contributed by atoms with Gasteiger partial charge in [0.2, 0.25) is 0 Å². The second-order valence-corrected chi connectivity index (χ2v) is 3.75. The fourth-order valence-corrected chi connectivity index (χ4v) is 0. The third kappa shape index (κ3) is 3060. The van der Waals surface area contributed by atoms with Crippen molar-refractivity contribution in [2.75, 3.05) is 0 Å². The Kier molecular flexibility index (Phi) is 381. The van der Waals surface area contributed by atoms with Crippen LogP contribution in [0.25, 0.3) is 0 Å². The number of hydrogen-bond acceptors (Lipinski definition) is 20. The van der Waals surface area contributed by atoms with Gasteiger partial charge in [-0.25, -0.2) is 0 Å². The molecular weight excluding hydrogens is 662 g/mol. The van der Waals surface area contributed by atoms with Crippen LogP contribution in [0.2, 0.25) is 0 Å². The second kappa shape index (κ2) is 104. The van der Waals surface area contributed by atoms with Gasteiger partial charge in [-0.05, 0) is 0 Å². The molecule has 0 radical (unpaired) electrons. The van der Waals surface area contributed by atoms with E-state index in [-0.39, 0.29) is 193 Å². The van der Waals surface area contributed by atoms with Crippen molar-refractivity contribution in [3.63, 3.8) is 0 Å². The zero-order chi connectivity index (χ0) is 17.9. The van der Waals surface area contributed by atoms with Crippen molar-refractivity contribution in [2.45, 2.75) is 0 Å². The largest absolute Gasteiger partial charge is 3.00 e. The summed E-state index contributed by atoms with van der Waals surface area (Å²) in [4.78, 5) is 85.2. The minimum absolute atomic E-state index is 0. The molecule has 0 amide bonds. The molecule has 0 aliphatic heterocycles. The molecule has 0 aliphatic carbocycles. The maximum atomic E-state index is 8.52. The predicted octanol–water partition coefficient (Wildman–Crippen LogP) is -17.6. The Morgan fingerprint density at radius 1 is 0.290 bits per heavy atom. The van der Waals surface area contributed by atoms with E-state index in [1.165, 1.54) is 0 Å². The van der Waals surface area contributed by atoms with Gasteiger partial charge in [-0.15, -0.1) is 0 Å². The fraction of sp³-hybridized carbons (Fsp3) is 0. The molecule has 0 aromatic rings. The summed E-state index contributed by atoms with van der Waals surface area (Å²) < 4.78 is 42.6. The molecule has 0 unspecified atom stereocenters. The number of hydrogen-bond donors (Lipinski definition) is 0. The number of rotatable bonds is 0. The molecule has 160 valence electrons. The van der Waals surface area contributed by atoms with Crippen LogP contribution in [0.3, 0.4) is 0 Å². The van der Waals surface area contributed by atoms with Crippen LogP contribution in [0.15, 0.2) is 0 Å². The first-order valence-corrected chi connectivity index (χ1v) is 9.19. The Morgan fingerprint density at radius 2 is 0.290 bits per heavy atom. The summed E-state index contributed by atoms with van der Waals surface area (Å²) >= 11 is 0. The van der Waals surface area contributed by atoms with E-state index in [4.69, 9.17) is 70.3 Å². The van der Waals surface area contributed by atoms with Crippen molar-refractivity contribution in [3.8, 4) is 0 Å². The normalized spacial score (nSPS) is 3.87. The molecule has 0 aromatic carbocycles. The van der Waals surface area contributed by atoms with Crippen molar-refractivity contribution < 1.29 is 97.6 Å². The van der Waals surface area contributed by atoms with Gasteiger partial charge in [0.15, 0.2) is 0 Å². The first-order chi connectivity index (χ1) is 8.66. The van der Waals surface area contributed by atoms with E-state index in [0.717, 1.165) is 0 Å². The van der Waals surface area contributed by atoms with Gasteiger partial charge in [0, 0.05) is 45.9 Å². The van der Waals surface area contributed by atoms with Gasteiger partial charge < -0.3 is 97.6 Å². The molecule has 0 spiro atoms. The molecule has 31 heavy (non-hydrogen) atoms. The fourth-order valence-electron chi connectivity index (χ4n) is 0. The molecule has 0 saturated heterocycles. The summed E-state index contributed by atoms with van der Waals surface area (Å²) in [5, 5.41) is 0. The van der Waals surface area contributed by atoms with Crippen LogP contribution in [0, 0.1) is 0 Å². The zero-order valence-electron chi connectivity index (χ0n) is 14.7. The van der Waals surface area contributed by atoms with Gasteiger partial charge in [0.25, 0.3) is 0 Å². The molecule has 0 aliphatic rings. The van der Waals surface area contributed by atoms with Crippen LogP contribution in [0.5, 0.6) is 0 Å². The standard InChI is InChI=1S/3Al.3Ca.5O3Si.5H2O/c;;;;;;5*1-4(2)3;;;;;/h;;;;;;;;;;;5*1H2/q3*+3;3*+2;5*-2;;;;;/p-5. The average molecular weight is 667 g/mol. The Balaban J connectivity index is -0.00000000595. The van der Waals surface area contributed by atoms with Gasteiger partial charge in [0.05, 0.1) is 0 Å². The van der Waals surface area contributed by atoms with Crippen molar-refractivity contribution in [2.24, 2.45) is 0 Å². The molecule has 0 bridgehead atoms. The molecule has 20 nitrogen and oxygen atoms in total. The summed E-state index contributed by atoms with van der Waals surface area (Å²) in [5.74, 6) is 0. The first kappa shape index (κ1) is 114. The van der Waals surface area contributed by atoms with Crippen LogP contribution in [-0.4, -0.2) is 239 Å². The molecule has 0 atom stereocenters. The first-order valence-electron chi connectivity index (χ1n) is 3.06. The van der Waals surface area contributed by atoms with E-state index in [1.54, 1.807) is 0 Å². The molecule has 0 saturated carbocycles. The summed E-state index contributed by atoms with van der Waals surface area (Å²) in [7, 11) is -18.1. The Bertz CT molecular complexity index is 231. The minimum Gasteiger partial charge on any atom is -0.870 e. The van der Waals surface area contributed by atoms with E-state index in [1.807, 2.05) is 0 Å². The quantitative estimate of drug-likeness (QED) is 0.216. The van der Waals surface area contributed by atoms with Gasteiger partial charge in [-0.2, -0.15) is 0 Å². The van der Waals surface area contributed by atoms with Crippen molar-refractivity contribution >= 4 is 211 Å². The maximum Gasteiger partial charge on any atom is 3.00 e. The average Bonchev–Trinajstić information content (AvgIpc) is 1.94. The van der Waals surface area contributed by atoms with E-state index in [0.29, 0.717) is 0 Å². The van der Waals surface area contributed by atoms with E-state index < -0.39 is 45.9 Å². The van der Waals surface area contributed by atoms with Crippen LogP contribution in [-0.2, 0) is 22.3 Å². The van der Waals surface area contributed by atoms with Crippen LogP contribution >= 0.6 is 0 Å². The van der Waals surface area contributed by atoms with Crippen LogP contribution in [0.1, 0.15) is 0 Å². The minimum atomic E-state index is -3.63. The van der Waals surface area contributed by atoms with E-state index >= 15 is 0 Å². The molecule has 0 fully saturated rings. The van der Waals surface area contributed by atoms with Gasteiger partial charge >= 0.3 is 165 Å². The Morgan fingerprint density at radius 3 is 0.290 bits per heavy atom. The molecule has 5 N–H and O–H groups in total. The van der Waals surface area contributed by atoms with Gasteiger partial charge in [0.1, 0.15) is 0 Å². The molecule has 0 aromatic heterocycles. The van der Waals surface area contributed by atoms with Crippen molar-refractivity contribution in [1.82, 2.24) is 0 Å². The van der Waals surface area contributed by atoms with Crippen molar-refractivity contribution in [3.05, 3.63) is 0 Å². The zero-order valence-corrected chi connectivity index (χ0v) is 29.8. The maximum absolute atomic E-state index is 8.52. The topological polar surface area (TPSA) is 466 Å². The Hall–Kier alpha value is 3.26. The van der Waals surface area contributed by atoms with E-state index in [2.05, 4.69) is 0 Å². The molecule has 31 heteroatoms. The molecule has 0 heterocycles. The molecule has 0 rings (SSSR count). The van der Waals surface area contributed by atoms with Crippen LogP contribution in [0.4, 0.5) is 0 Å². The third-order valence-corrected chi connectivity index (χ3v) is 0. The van der Waals surface area contributed by atoms with Crippen LogP contribution < -0.4 is 48.0 Å². The second-order valence-electron chi connectivity index (χ2n) is 1.25. The SMILES string of the molecule is O=[Si]([O-])[O-].O=[Si]([O-])[O-].O=[Si]([O-])[O-].O=[Si]([O-])[O-].O=[Si]([O-])[O-].[Al+3].[Al+3].[Al+3].[Ca+2].[Ca+2].[Ca+2].[OH-].[OH-].[OH-].[OH-].[OH-]. The monoisotopic (exact) mass is 666 g/mol.